The molecule has 0 radical (unpaired) electrons. The number of methoxy groups -OCH3 is 1. The Kier molecular flexibility index (Phi) is 6.18. The second-order valence-electron chi connectivity index (χ2n) is 4.87. The average molecular weight is 330 g/mol. The third-order valence-electron chi connectivity index (χ3n) is 3.13. The molecule has 0 aliphatic heterocycles. The Hall–Kier alpha value is -3.03. The van der Waals surface area contributed by atoms with Gasteiger partial charge in [0.25, 0.3) is 0 Å². The summed E-state index contributed by atoms with van der Waals surface area (Å²) < 4.78 is 11.3. The van der Waals surface area contributed by atoms with Gasteiger partial charge in [0, 0.05) is 12.6 Å². The van der Waals surface area contributed by atoms with Gasteiger partial charge in [-0.15, -0.1) is 5.10 Å². The number of hydrogen-bond donors (Lipinski definition) is 0. The molecule has 0 fully saturated rings. The summed E-state index contributed by atoms with van der Waals surface area (Å²) >= 11 is 0. The molecule has 126 valence electrons. The van der Waals surface area contributed by atoms with Crippen molar-refractivity contribution < 1.29 is 19.1 Å². The van der Waals surface area contributed by atoms with Crippen LogP contribution in [0, 0.1) is 0 Å². The maximum absolute atomic E-state index is 11.7. The molecule has 0 amide bonds. The molecule has 0 spiro atoms. The van der Waals surface area contributed by atoms with Crippen LogP contribution in [0.15, 0.2) is 30.3 Å². The SMILES string of the molecule is CCCn1nnnc1COC(=O)/C=C/c1ccc(C(=O)OC)cc1. The van der Waals surface area contributed by atoms with E-state index in [1.54, 1.807) is 35.0 Å². The first-order valence-corrected chi connectivity index (χ1v) is 7.42. The van der Waals surface area contributed by atoms with Crippen LogP contribution in [0.3, 0.4) is 0 Å². The lowest BCUT2D eigenvalue weighted by molar-refractivity contribution is -0.139. The number of benzene rings is 1. The summed E-state index contributed by atoms with van der Waals surface area (Å²) in [5.41, 5.74) is 1.20. The van der Waals surface area contributed by atoms with E-state index in [1.165, 1.54) is 13.2 Å². The Bertz CT molecular complexity index is 722. The number of tetrazole rings is 1. The molecule has 0 saturated carbocycles. The van der Waals surface area contributed by atoms with Gasteiger partial charge in [0.05, 0.1) is 12.7 Å². The zero-order valence-electron chi connectivity index (χ0n) is 13.5. The molecular formula is C16H18N4O4. The fourth-order valence-corrected chi connectivity index (χ4v) is 1.91. The number of aromatic nitrogens is 4. The number of hydrogen-bond acceptors (Lipinski definition) is 7. The minimum Gasteiger partial charge on any atom is -0.465 e. The summed E-state index contributed by atoms with van der Waals surface area (Å²) in [6, 6.07) is 6.65. The molecule has 0 atom stereocenters. The fraction of sp³-hybridized carbons (Fsp3) is 0.312. The van der Waals surface area contributed by atoms with Gasteiger partial charge < -0.3 is 9.47 Å². The molecule has 0 N–H and O–H groups in total. The molecule has 0 saturated heterocycles. The molecular weight excluding hydrogens is 312 g/mol. The van der Waals surface area contributed by atoms with Gasteiger partial charge >= 0.3 is 11.9 Å². The van der Waals surface area contributed by atoms with Gasteiger partial charge in [0.2, 0.25) is 0 Å². The number of rotatable bonds is 7. The van der Waals surface area contributed by atoms with E-state index in [4.69, 9.17) is 4.74 Å². The predicted octanol–water partition coefficient (Wildman–Crippen LogP) is 1.63. The summed E-state index contributed by atoms with van der Waals surface area (Å²) in [4.78, 5) is 23.1. The van der Waals surface area contributed by atoms with Crippen LogP contribution in [0.2, 0.25) is 0 Å². The molecule has 0 aliphatic carbocycles. The monoisotopic (exact) mass is 330 g/mol. The number of nitrogens with zero attached hydrogens (tertiary/aromatic N) is 4. The molecule has 8 heteroatoms. The second-order valence-corrected chi connectivity index (χ2v) is 4.87. The number of ether oxygens (including phenoxy) is 2. The number of esters is 2. The molecule has 1 aromatic carbocycles. The molecule has 2 aromatic rings. The standard InChI is InChI=1S/C16H18N4O4/c1-3-10-20-14(17-18-19-20)11-24-15(21)9-6-12-4-7-13(8-5-12)16(22)23-2/h4-9H,3,10-11H2,1-2H3/b9-6+. The predicted molar refractivity (Wildman–Crippen MR) is 84.7 cm³/mol. The molecule has 8 nitrogen and oxygen atoms in total. The molecule has 2 rings (SSSR count). The molecule has 1 aromatic heterocycles. The van der Waals surface area contributed by atoms with Crippen molar-refractivity contribution >= 4 is 18.0 Å². The Morgan fingerprint density at radius 2 is 2.00 bits per heavy atom. The first kappa shape index (κ1) is 17.3. The number of carbonyl (C=O) groups excluding carboxylic acids is 2. The Morgan fingerprint density at radius 3 is 2.67 bits per heavy atom. The van der Waals surface area contributed by atoms with Crippen molar-refractivity contribution in [2.24, 2.45) is 0 Å². The van der Waals surface area contributed by atoms with Crippen molar-refractivity contribution in [2.45, 2.75) is 26.5 Å². The minimum atomic E-state index is -0.502. The van der Waals surface area contributed by atoms with Gasteiger partial charge in [-0.05, 0) is 40.6 Å². The van der Waals surface area contributed by atoms with Crippen LogP contribution in [-0.4, -0.2) is 39.3 Å². The first-order valence-electron chi connectivity index (χ1n) is 7.42. The second kappa shape index (κ2) is 8.56. The minimum absolute atomic E-state index is 0.0114. The lowest BCUT2D eigenvalue weighted by Crippen LogP contribution is -2.09. The van der Waals surface area contributed by atoms with Crippen molar-refractivity contribution in [3.05, 3.63) is 47.3 Å². The zero-order valence-corrected chi connectivity index (χ0v) is 13.5. The van der Waals surface area contributed by atoms with Crippen molar-refractivity contribution in [1.82, 2.24) is 20.2 Å². The highest BCUT2D eigenvalue weighted by Gasteiger charge is 2.07. The summed E-state index contributed by atoms with van der Waals surface area (Å²) in [5, 5.41) is 11.2. The van der Waals surface area contributed by atoms with Crippen LogP contribution < -0.4 is 0 Å². The van der Waals surface area contributed by atoms with Crippen LogP contribution >= 0.6 is 0 Å². The maximum Gasteiger partial charge on any atom is 0.337 e. The Labute approximate surface area is 139 Å². The van der Waals surface area contributed by atoms with Crippen LogP contribution in [0.25, 0.3) is 6.08 Å². The van der Waals surface area contributed by atoms with Gasteiger partial charge in [0.15, 0.2) is 12.4 Å². The third kappa shape index (κ3) is 4.73. The summed E-state index contributed by atoms with van der Waals surface area (Å²) in [5.74, 6) is -0.408. The molecule has 1 heterocycles. The van der Waals surface area contributed by atoms with E-state index in [-0.39, 0.29) is 6.61 Å². The third-order valence-corrected chi connectivity index (χ3v) is 3.13. The first-order chi connectivity index (χ1) is 11.6. The van der Waals surface area contributed by atoms with Gasteiger partial charge in [-0.1, -0.05) is 19.1 Å². The van der Waals surface area contributed by atoms with Crippen LogP contribution in [0.1, 0.15) is 35.1 Å². The van der Waals surface area contributed by atoms with E-state index in [0.717, 1.165) is 12.0 Å². The van der Waals surface area contributed by atoms with Crippen molar-refractivity contribution in [3.8, 4) is 0 Å². The smallest absolute Gasteiger partial charge is 0.337 e. The van der Waals surface area contributed by atoms with E-state index >= 15 is 0 Å². The summed E-state index contributed by atoms with van der Waals surface area (Å²) in [6.45, 7) is 2.69. The molecule has 0 aliphatic rings. The van der Waals surface area contributed by atoms with E-state index in [2.05, 4.69) is 20.3 Å². The largest absolute Gasteiger partial charge is 0.465 e. The molecule has 24 heavy (non-hydrogen) atoms. The van der Waals surface area contributed by atoms with Gasteiger partial charge in [-0.2, -0.15) is 0 Å². The zero-order chi connectivity index (χ0) is 17.4. The highest BCUT2D eigenvalue weighted by Crippen LogP contribution is 2.08. The van der Waals surface area contributed by atoms with Crippen LogP contribution in [0.4, 0.5) is 0 Å². The topological polar surface area (TPSA) is 96.2 Å². The van der Waals surface area contributed by atoms with Gasteiger partial charge in [0.1, 0.15) is 0 Å². The van der Waals surface area contributed by atoms with Gasteiger partial charge in [-0.3, -0.25) is 0 Å². The number of carbonyl (C=O) groups is 2. The molecule has 0 bridgehead atoms. The lowest BCUT2D eigenvalue weighted by atomic mass is 10.1. The number of aryl methyl sites for hydroxylation is 1. The lowest BCUT2D eigenvalue weighted by Gasteiger charge is -2.03. The van der Waals surface area contributed by atoms with E-state index < -0.39 is 11.9 Å². The highest BCUT2D eigenvalue weighted by molar-refractivity contribution is 5.90. The molecule has 0 unspecified atom stereocenters. The average Bonchev–Trinajstić information content (AvgIpc) is 3.05. The summed E-state index contributed by atoms with van der Waals surface area (Å²) in [7, 11) is 1.32. The maximum atomic E-state index is 11.7. The Balaban J connectivity index is 1.88. The normalized spacial score (nSPS) is 10.8. The van der Waals surface area contributed by atoms with Crippen LogP contribution in [-0.2, 0) is 27.4 Å². The van der Waals surface area contributed by atoms with Crippen molar-refractivity contribution in [3.63, 3.8) is 0 Å². The summed E-state index contributed by atoms with van der Waals surface area (Å²) in [6.07, 6.45) is 3.78. The van der Waals surface area contributed by atoms with Crippen molar-refractivity contribution in [1.29, 1.82) is 0 Å². The van der Waals surface area contributed by atoms with Gasteiger partial charge in [-0.25, -0.2) is 14.3 Å². The highest BCUT2D eigenvalue weighted by atomic mass is 16.5. The van der Waals surface area contributed by atoms with E-state index in [9.17, 15) is 9.59 Å². The van der Waals surface area contributed by atoms with Crippen LogP contribution in [0.5, 0.6) is 0 Å². The Morgan fingerprint density at radius 1 is 1.25 bits per heavy atom. The quantitative estimate of drug-likeness (QED) is 0.562. The van der Waals surface area contributed by atoms with Crippen molar-refractivity contribution in [2.75, 3.05) is 7.11 Å². The van der Waals surface area contributed by atoms with E-state index in [1.807, 2.05) is 6.92 Å². The fourth-order valence-electron chi connectivity index (χ4n) is 1.91. The van der Waals surface area contributed by atoms with E-state index in [0.29, 0.717) is 17.9 Å².